The largest absolute Gasteiger partial charge is 0.363 e. The number of imidazole rings is 1. The van der Waals surface area contributed by atoms with E-state index in [0.717, 1.165) is 11.3 Å². The molecule has 3 aromatic rings. The number of primary amides is 1. The maximum absolute atomic E-state index is 11.4. The Hall–Kier alpha value is -3.11. The first-order valence-electron chi connectivity index (χ1n) is 7.55. The van der Waals surface area contributed by atoms with E-state index in [1.165, 1.54) is 0 Å². The minimum absolute atomic E-state index is 0.0534. The molecule has 0 saturated heterocycles. The zero-order valence-corrected chi connectivity index (χ0v) is 14.2. The molecule has 0 fully saturated rings. The minimum atomic E-state index is -0.565. The van der Waals surface area contributed by atoms with Crippen molar-refractivity contribution in [1.82, 2.24) is 19.3 Å². The lowest BCUT2D eigenvalue weighted by molar-refractivity contribution is 0.0983. The second-order valence-corrected chi connectivity index (χ2v) is 6.01. The maximum atomic E-state index is 11.4. The van der Waals surface area contributed by atoms with Crippen molar-refractivity contribution in [3.63, 3.8) is 0 Å². The molecule has 1 amide bonds. The zero-order valence-electron chi connectivity index (χ0n) is 13.4. The average Bonchev–Trinajstić information content (AvgIpc) is 3.24. The van der Waals surface area contributed by atoms with E-state index < -0.39 is 5.91 Å². The lowest BCUT2D eigenvalue weighted by atomic mass is 10.1. The molecule has 0 spiro atoms. The first-order valence-corrected chi connectivity index (χ1v) is 7.93. The molecule has 0 aliphatic heterocycles. The Kier molecular flexibility index (Phi) is 4.55. The molecule has 1 aromatic carbocycles. The van der Waals surface area contributed by atoms with Crippen LogP contribution in [-0.4, -0.2) is 25.2 Å². The van der Waals surface area contributed by atoms with Gasteiger partial charge in [0.2, 0.25) is 0 Å². The van der Waals surface area contributed by atoms with Crippen LogP contribution in [0.15, 0.2) is 42.9 Å². The highest BCUT2D eigenvalue weighted by Gasteiger charge is 2.15. The Labute approximate surface area is 149 Å². The third kappa shape index (κ3) is 3.39. The number of halogens is 1. The van der Waals surface area contributed by atoms with Crippen molar-refractivity contribution in [3.8, 4) is 17.3 Å². The van der Waals surface area contributed by atoms with Gasteiger partial charge in [-0.15, -0.1) is 0 Å². The second kappa shape index (κ2) is 6.79. The number of hydrogen-bond donors (Lipinski definition) is 1. The fourth-order valence-corrected chi connectivity index (χ4v) is 2.82. The van der Waals surface area contributed by atoms with Crippen molar-refractivity contribution in [2.24, 2.45) is 5.73 Å². The first-order chi connectivity index (χ1) is 12.0. The van der Waals surface area contributed by atoms with Crippen molar-refractivity contribution in [2.75, 3.05) is 0 Å². The minimum Gasteiger partial charge on any atom is -0.363 e. The number of benzene rings is 1. The number of aromatic nitrogens is 4. The number of carbonyl (C=O) groups is 1. The third-order valence-corrected chi connectivity index (χ3v) is 4.15. The highest BCUT2D eigenvalue weighted by molar-refractivity contribution is 6.32. The van der Waals surface area contributed by atoms with Crippen LogP contribution in [0.2, 0.25) is 5.02 Å². The molecule has 2 aromatic heterocycles. The summed E-state index contributed by atoms with van der Waals surface area (Å²) in [6, 6.07) is 9.04. The second-order valence-electron chi connectivity index (χ2n) is 5.60. The Bertz CT molecular complexity index is 968. The van der Waals surface area contributed by atoms with Crippen LogP contribution in [0.1, 0.15) is 29.1 Å². The smallest absolute Gasteiger partial charge is 0.284 e. The first kappa shape index (κ1) is 16.7. The van der Waals surface area contributed by atoms with Crippen LogP contribution in [0.5, 0.6) is 0 Å². The third-order valence-electron chi connectivity index (χ3n) is 3.84. The molecule has 126 valence electrons. The summed E-state index contributed by atoms with van der Waals surface area (Å²) in [4.78, 5) is 15.4. The summed E-state index contributed by atoms with van der Waals surface area (Å²) in [6.07, 6.45) is 5.11. The molecular formula is C17H15ClN6O. The molecule has 7 nitrogen and oxygen atoms in total. The Morgan fingerprint density at radius 2 is 2.20 bits per heavy atom. The molecule has 1 atom stereocenters. The highest BCUT2D eigenvalue weighted by Crippen LogP contribution is 2.24. The lowest BCUT2D eigenvalue weighted by Crippen LogP contribution is -2.22. The predicted octanol–water partition coefficient (Wildman–Crippen LogP) is 2.63. The SMILES string of the molecule is C[C@@H](Cn1ccc(-c2ccc(C#N)c(Cl)c2)n1)n1ccnc1C(N)=O. The molecular weight excluding hydrogens is 340 g/mol. The number of nitriles is 1. The number of amides is 1. The molecule has 8 heteroatoms. The van der Waals surface area contributed by atoms with Gasteiger partial charge in [-0.2, -0.15) is 10.4 Å². The predicted molar refractivity (Wildman–Crippen MR) is 92.8 cm³/mol. The van der Waals surface area contributed by atoms with E-state index in [4.69, 9.17) is 22.6 Å². The van der Waals surface area contributed by atoms with E-state index in [2.05, 4.69) is 10.1 Å². The van der Waals surface area contributed by atoms with Crippen LogP contribution in [0, 0.1) is 11.3 Å². The van der Waals surface area contributed by atoms with Crippen LogP contribution >= 0.6 is 11.6 Å². The van der Waals surface area contributed by atoms with E-state index >= 15 is 0 Å². The Morgan fingerprint density at radius 1 is 1.40 bits per heavy atom. The van der Waals surface area contributed by atoms with Gasteiger partial charge in [0.15, 0.2) is 5.82 Å². The molecule has 3 rings (SSSR count). The fourth-order valence-electron chi connectivity index (χ4n) is 2.60. The van der Waals surface area contributed by atoms with Gasteiger partial charge in [0.1, 0.15) is 6.07 Å². The summed E-state index contributed by atoms with van der Waals surface area (Å²) in [5.41, 5.74) is 7.34. The summed E-state index contributed by atoms with van der Waals surface area (Å²) in [5.74, 6) is -0.344. The molecule has 0 unspecified atom stereocenters. The molecule has 0 saturated carbocycles. The number of carbonyl (C=O) groups excluding carboxylic acids is 1. The molecule has 0 aliphatic carbocycles. The number of hydrogen-bond acceptors (Lipinski definition) is 4. The van der Waals surface area contributed by atoms with Gasteiger partial charge in [-0.05, 0) is 25.1 Å². The zero-order chi connectivity index (χ0) is 18.0. The van der Waals surface area contributed by atoms with Crippen molar-refractivity contribution < 1.29 is 4.79 Å². The number of rotatable bonds is 5. The van der Waals surface area contributed by atoms with Crippen molar-refractivity contribution >= 4 is 17.5 Å². The van der Waals surface area contributed by atoms with Crippen molar-refractivity contribution in [1.29, 1.82) is 5.26 Å². The Balaban J connectivity index is 1.80. The standard InChI is InChI=1S/C17H15ClN6O/c1-11(24-7-5-21-17(24)16(20)25)10-23-6-4-15(22-23)12-2-3-13(9-19)14(18)8-12/h2-8,11H,10H2,1H3,(H2,20,25)/t11-/m0/s1. The monoisotopic (exact) mass is 354 g/mol. The van der Waals surface area contributed by atoms with Crippen LogP contribution in [0.25, 0.3) is 11.3 Å². The van der Waals surface area contributed by atoms with Crippen molar-refractivity contribution in [2.45, 2.75) is 19.5 Å². The summed E-state index contributed by atoms with van der Waals surface area (Å²) < 4.78 is 3.50. The van der Waals surface area contributed by atoms with Crippen LogP contribution in [0.4, 0.5) is 0 Å². The quantitative estimate of drug-likeness (QED) is 0.760. The molecule has 0 aliphatic rings. The molecule has 2 N–H and O–H groups in total. The van der Waals surface area contributed by atoms with Crippen LogP contribution in [0.3, 0.4) is 0 Å². The average molecular weight is 355 g/mol. The van der Waals surface area contributed by atoms with E-state index in [9.17, 15) is 4.79 Å². The van der Waals surface area contributed by atoms with E-state index in [0.29, 0.717) is 17.1 Å². The van der Waals surface area contributed by atoms with Gasteiger partial charge in [-0.1, -0.05) is 17.7 Å². The number of nitrogens with zero attached hydrogens (tertiary/aromatic N) is 5. The normalized spacial score (nSPS) is 11.9. The van der Waals surface area contributed by atoms with E-state index in [1.807, 2.05) is 31.3 Å². The van der Waals surface area contributed by atoms with E-state index in [1.54, 1.807) is 33.8 Å². The molecule has 0 bridgehead atoms. The van der Waals surface area contributed by atoms with Gasteiger partial charge >= 0.3 is 0 Å². The summed E-state index contributed by atoms with van der Waals surface area (Å²) >= 11 is 6.07. The van der Waals surface area contributed by atoms with Gasteiger partial charge in [0.05, 0.1) is 28.9 Å². The topological polar surface area (TPSA) is 103 Å². The highest BCUT2D eigenvalue weighted by atomic mass is 35.5. The van der Waals surface area contributed by atoms with Gasteiger partial charge in [0.25, 0.3) is 5.91 Å². The maximum Gasteiger partial charge on any atom is 0.284 e. The van der Waals surface area contributed by atoms with Crippen LogP contribution in [-0.2, 0) is 6.54 Å². The fraction of sp³-hybridized carbons (Fsp3) is 0.176. The van der Waals surface area contributed by atoms with E-state index in [-0.39, 0.29) is 11.9 Å². The van der Waals surface area contributed by atoms with Gasteiger partial charge in [-0.3, -0.25) is 9.48 Å². The van der Waals surface area contributed by atoms with Gasteiger partial charge < -0.3 is 10.3 Å². The Morgan fingerprint density at radius 3 is 2.88 bits per heavy atom. The van der Waals surface area contributed by atoms with Crippen molar-refractivity contribution in [3.05, 3.63) is 59.3 Å². The molecule has 0 radical (unpaired) electrons. The van der Waals surface area contributed by atoms with Crippen LogP contribution < -0.4 is 5.73 Å². The van der Waals surface area contributed by atoms with Gasteiger partial charge in [0, 0.05) is 24.2 Å². The number of nitrogens with two attached hydrogens (primary N) is 1. The molecule has 2 heterocycles. The summed E-state index contributed by atoms with van der Waals surface area (Å²) in [7, 11) is 0. The summed E-state index contributed by atoms with van der Waals surface area (Å²) in [5, 5.41) is 13.9. The lowest BCUT2D eigenvalue weighted by Gasteiger charge is -2.15. The summed E-state index contributed by atoms with van der Waals surface area (Å²) in [6.45, 7) is 2.49. The molecule has 25 heavy (non-hydrogen) atoms. The van der Waals surface area contributed by atoms with Gasteiger partial charge in [-0.25, -0.2) is 4.98 Å².